The van der Waals surface area contributed by atoms with Gasteiger partial charge in [-0.15, -0.1) is 0 Å². The average Bonchev–Trinajstić information content (AvgIpc) is 3.24. The van der Waals surface area contributed by atoms with E-state index in [2.05, 4.69) is 19.8 Å². The number of pyridine rings is 1. The van der Waals surface area contributed by atoms with Gasteiger partial charge in [-0.1, -0.05) is 54.9 Å². The number of aromatic amines is 1. The van der Waals surface area contributed by atoms with Crippen LogP contribution in [-0.2, 0) is 4.74 Å². The van der Waals surface area contributed by atoms with E-state index in [1.807, 2.05) is 19.1 Å². The fraction of sp³-hybridized carbons (Fsp3) is 0.269. The van der Waals surface area contributed by atoms with Crippen molar-refractivity contribution in [3.05, 3.63) is 70.8 Å². The Morgan fingerprint density at radius 2 is 1.97 bits per heavy atom. The van der Waals surface area contributed by atoms with Crippen molar-refractivity contribution < 1.29 is 19.0 Å². The Morgan fingerprint density at radius 1 is 1.20 bits per heavy atom. The minimum Gasteiger partial charge on any atom is -0.459 e. The molecule has 9 heteroatoms. The third-order valence-corrected chi connectivity index (χ3v) is 6.35. The van der Waals surface area contributed by atoms with E-state index in [4.69, 9.17) is 27.6 Å². The van der Waals surface area contributed by atoms with E-state index in [-0.39, 0.29) is 23.9 Å². The lowest BCUT2D eigenvalue weighted by molar-refractivity contribution is -0.118. The third kappa shape index (κ3) is 4.71. The highest BCUT2D eigenvalue weighted by Gasteiger charge is 2.30. The molecule has 3 atom stereocenters. The lowest BCUT2D eigenvalue weighted by Gasteiger charge is -2.32. The molecule has 1 aliphatic rings. The summed E-state index contributed by atoms with van der Waals surface area (Å²) >= 11 is 6.51. The molecular weight excluding hydrogens is 471 g/mol. The van der Waals surface area contributed by atoms with Gasteiger partial charge < -0.3 is 19.6 Å². The van der Waals surface area contributed by atoms with Gasteiger partial charge in [-0.25, -0.2) is 14.2 Å². The summed E-state index contributed by atoms with van der Waals surface area (Å²) in [5, 5.41) is 10.6. The number of imidazole rings is 1. The number of nitrogens with zero attached hydrogens (tertiary/aromatic N) is 3. The molecule has 3 heterocycles. The lowest BCUT2D eigenvalue weighted by atomic mass is 10.0. The second kappa shape index (κ2) is 9.62. The minimum absolute atomic E-state index is 0.172. The normalized spacial score (nSPS) is 20.0. The molecule has 4 aromatic rings. The van der Waals surface area contributed by atoms with E-state index in [9.17, 15) is 9.50 Å². The van der Waals surface area contributed by atoms with Crippen molar-refractivity contribution >= 4 is 28.5 Å². The average molecular weight is 493 g/mol. The van der Waals surface area contributed by atoms with E-state index in [0.29, 0.717) is 46.0 Å². The molecule has 2 aromatic carbocycles. The number of aromatic nitrogens is 3. The summed E-state index contributed by atoms with van der Waals surface area (Å²) in [5.74, 6) is -0.450. The molecular formula is C26H22ClFN4O3. The highest BCUT2D eigenvalue weighted by Crippen LogP contribution is 2.33. The molecule has 2 aromatic heterocycles. The van der Waals surface area contributed by atoms with Crippen LogP contribution < -0.4 is 4.74 Å². The number of nitrogens with one attached hydrogen (secondary N) is 1. The van der Waals surface area contributed by atoms with E-state index >= 15 is 0 Å². The maximum absolute atomic E-state index is 14.4. The fourth-order valence-electron chi connectivity index (χ4n) is 4.23. The van der Waals surface area contributed by atoms with E-state index in [0.717, 1.165) is 12.0 Å². The largest absolute Gasteiger partial charge is 0.459 e. The van der Waals surface area contributed by atoms with Crippen LogP contribution in [0, 0.1) is 12.4 Å². The minimum atomic E-state index is -0.579. The van der Waals surface area contributed by atoms with Gasteiger partial charge in [-0.05, 0) is 24.1 Å². The van der Waals surface area contributed by atoms with Crippen molar-refractivity contribution in [3.8, 4) is 28.4 Å². The molecule has 5 rings (SSSR count). The van der Waals surface area contributed by atoms with Crippen LogP contribution in [0.5, 0.6) is 6.01 Å². The lowest BCUT2D eigenvalue weighted by Crippen LogP contribution is -2.43. The van der Waals surface area contributed by atoms with Crippen LogP contribution in [0.15, 0.2) is 48.5 Å². The molecule has 0 spiro atoms. The Morgan fingerprint density at radius 3 is 2.66 bits per heavy atom. The van der Waals surface area contributed by atoms with Gasteiger partial charge in [-0.2, -0.15) is 4.98 Å². The number of rotatable bonds is 5. The summed E-state index contributed by atoms with van der Waals surface area (Å²) in [5.41, 5.74) is 3.69. The molecule has 35 heavy (non-hydrogen) atoms. The number of halogens is 2. The van der Waals surface area contributed by atoms with Crippen molar-refractivity contribution in [2.24, 2.45) is 0 Å². The maximum Gasteiger partial charge on any atom is 0.296 e. The van der Waals surface area contributed by atoms with Crippen molar-refractivity contribution in [2.75, 3.05) is 6.61 Å². The van der Waals surface area contributed by atoms with Crippen molar-refractivity contribution in [1.82, 2.24) is 15.0 Å². The second-order valence-electron chi connectivity index (χ2n) is 8.41. The summed E-state index contributed by atoms with van der Waals surface area (Å²) in [6.07, 6.45) is 0.135. The summed E-state index contributed by atoms with van der Waals surface area (Å²) in [7, 11) is 0. The first-order chi connectivity index (χ1) is 16.9. The van der Waals surface area contributed by atoms with E-state index in [1.165, 1.54) is 6.07 Å². The molecule has 7 nitrogen and oxygen atoms in total. The van der Waals surface area contributed by atoms with Gasteiger partial charge in [0.2, 0.25) is 0 Å². The molecule has 0 aliphatic carbocycles. The molecule has 0 radical (unpaired) electrons. The first-order valence-electron chi connectivity index (χ1n) is 11.3. The Bertz CT molecular complexity index is 1420. The summed E-state index contributed by atoms with van der Waals surface area (Å²) in [6.45, 7) is 9.36. The second-order valence-corrected chi connectivity index (χ2v) is 8.82. The number of benzene rings is 2. The number of hydrogen-bond donors (Lipinski definition) is 2. The number of aliphatic hydroxyl groups is 1. The zero-order valence-electron chi connectivity index (χ0n) is 18.8. The summed E-state index contributed by atoms with van der Waals surface area (Å²) in [4.78, 5) is 15.4. The van der Waals surface area contributed by atoms with Crippen molar-refractivity contribution in [2.45, 2.75) is 38.1 Å². The van der Waals surface area contributed by atoms with Gasteiger partial charge in [0.15, 0.2) is 11.3 Å². The SMILES string of the molecule is [C-]#[N+]c1ccc(-c2ccc(-c3nc4nc(O[C@H]5CO[C@H](CC)[C@@H](O)C5)[nH]c4cc3Cl)cc2)c(F)c1. The number of fused-ring (bicyclic) bond motifs is 1. The van der Waals surface area contributed by atoms with Crippen LogP contribution >= 0.6 is 11.6 Å². The first-order valence-corrected chi connectivity index (χ1v) is 11.6. The highest BCUT2D eigenvalue weighted by atomic mass is 35.5. The Hall–Kier alpha value is -3.51. The van der Waals surface area contributed by atoms with Crippen LogP contribution in [0.4, 0.5) is 10.1 Å². The number of aliphatic hydroxyl groups excluding tert-OH is 1. The predicted molar refractivity (Wildman–Crippen MR) is 131 cm³/mol. The highest BCUT2D eigenvalue weighted by molar-refractivity contribution is 6.33. The monoisotopic (exact) mass is 492 g/mol. The van der Waals surface area contributed by atoms with Crippen molar-refractivity contribution in [3.63, 3.8) is 0 Å². The number of H-pyrrole nitrogens is 1. The first kappa shape index (κ1) is 23.2. The molecule has 0 unspecified atom stereocenters. The summed E-state index contributed by atoms with van der Waals surface area (Å²) < 4.78 is 25.9. The van der Waals surface area contributed by atoms with Crippen molar-refractivity contribution in [1.29, 1.82) is 0 Å². The van der Waals surface area contributed by atoms with Gasteiger partial charge in [0.05, 0.1) is 41.6 Å². The summed E-state index contributed by atoms with van der Waals surface area (Å²) in [6, 6.07) is 13.6. The molecule has 2 N–H and O–H groups in total. The molecule has 1 saturated heterocycles. The Balaban J connectivity index is 1.37. The van der Waals surface area contributed by atoms with E-state index in [1.54, 1.807) is 30.3 Å². The zero-order valence-corrected chi connectivity index (χ0v) is 19.6. The number of ether oxygens (including phenoxy) is 2. The maximum atomic E-state index is 14.4. The van der Waals surface area contributed by atoms with Crippen LogP contribution in [0.25, 0.3) is 38.4 Å². The molecule has 1 fully saturated rings. The standard InChI is InChI=1S/C26H22ClFN4O3/c1-3-23-22(33)11-17(13-34-23)35-26-30-21-12-19(27)24(31-25(21)32-26)15-6-4-14(5-7-15)18-9-8-16(29-2)10-20(18)28/h4-10,12,17,22-23,33H,3,11,13H2,1H3,(H,30,31,32)/t17-,22+,23-/m1/s1. The quantitative estimate of drug-likeness (QED) is 0.337. The Labute approximate surface area is 206 Å². The van der Waals surface area contributed by atoms with Crippen LogP contribution in [0.2, 0.25) is 5.02 Å². The number of hydrogen-bond acceptors (Lipinski definition) is 5. The van der Waals surface area contributed by atoms with Crippen LogP contribution in [-0.4, -0.2) is 45.0 Å². The third-order valence-electron chi connectivity index (χ3n) is 6.07. The van der Waals surface area contributed by atoms with Gasteiger partial charge in [0, 0.05) is 17.5 Å². The molecule has 1 aliphatic heterocycles. The Kier molecular flexibility index (Phi) is 6.39. The smallest absolute Gasteiger partial charge is 0.296 e. The van der Waals surface area contributed by atoms with Crippen LogP contribution in [0.3, 0.4) is 0 Å². The fourth-order valence-corrected chi connectivity index (χ4v) is 4.49. The molecule has 178 valence electrons. The van der Waals surface area contributed by atoms with Gasteiger partial charge >= 0.3 is 0 Å². The zero-order chi connectivity index (χ0) is 24.5. The van der Waals surface area contributed by atoms with Gasteiger partial charge in [0.1, 0.15) is 11.9 Å². The molecule has 0 bridgehead atoms. The van der Waals surface area contributed by atoms with Gasteiger partial charge in [0.25, 0.3) is 6.01 Å². The van der Waals surface area contributed by atoms with Crippen LogP contribution in [0.1, 0.15) is 19.8 Å². The van der Waals surface area contributed by atoms with E-state index < -0.39 is 11.9 Å². The van der Waals surface area contributed by atoms with Gasteiger partial charge in [-0.3, -0.25) is 0 Å². The molecule has 0 amide bonds. The molecule has 0 saturated carbocycles. The topological polar surface area (TPSA) is 84.6 Å². The predicted octanol–water partition coefficient (Wildman–Crippen LogP) is 5.94.